The number of hydrogen-bond donors (Lipinski definition) is 0. The zero-order chi connectivity index (χ0) is 8.97. The summed E-state index contributed by atoms with van der Waals surface area (Å²) in [5.74, 6) is 0.324. The largest absolute Gasteiger partial charge is 0.303 e. The Hall–Kier alpha value is -1.18. The summed E-state index contributed by atoms with van der Waals surface area (Å²) in [4.78, 5) is 14.7. The van der Waals surface area contributed by atoms with Gasteiger partial charge in [0, 0.05) is 18.3 Å². The zero-order valence-electron chi connectivity index (χ0n) is 7.40. The van der Waals surface area contributed by atoms with Gasteiger partial charge >= 0.3 is 0 Å². The van der Waals surface area contributed by atoms with E-state index < -0.39 is 0 Å². The molecular weight excluding hydrogens is 150 g/mol. The van der Waals surface area contributed by atoms with E-state index in [4.69, 9.17) is 0 Å². The highest BCUT2D eigenvalue weighted by molar-refractivity contribution is 5.62. The number of rotatable bonds is 3. The van der Waals surface area contributed by atoms with E-state index >= 15 is 0 Å². The average molecular weight is 163 g/mol. The summed E-state index contributed by atoms with van der Waals surface area (Å²) in [5.41, 5.74) is 1.00. The van der Waals surface area contributed by atoms with Crippen molar-refractivity contribution in [2.24, 2.45) is 5.92 Å². The minimum atomic E-state index is -0.0151. The van der Waals surface area contributed by atoms with E-state index in [1.54, 1.807) is 12.4 Å². The van der Waals surface area contributed by atoms with Crippen molar-refractivity contribution in [3.63, 3.8) is 0 Å². The molecule has 0 bridgehead atoms. The minimum absolute atomic E-state index is 0.0151. The van der Waals surface area contributed by atoms with Gasteiger partial charge in [-0.3, -0.25) is 4.98 Å². The van der Waals surface area contributed by atoms with Crippen molar-refractivity contribution < 1.29 is 4.79 Å². The molecule has 0 saturated carbocycles. The van der Waals surface area contributed by atoms with Gasteiger partial charge in [0.25, 0.3) is 0 Å². The Morgan fingerprint density at radius 1 is 1.50 bits per heavy atom. The van der Waals surface area contributed by atoms with E-state index in [0.717, 1.165) is 11.8 Å². The fourth-order valence-corrected chi connectivity index (χ4v) is 1.19. The highest BCUT2D eigenvalue weighted by Crippen LogP contribution is 2.20. The van der Waals surface area contributed by atoms with E-state index in [0.29, 0.717) is 5.92 Å². The van der Waals surface area contributed by atoms with Crippen LogP contribution in [0.2, 0.25) is 0 Å². The number of carbonyl (C=O) groups is 1. The van der Waals surface area contributed by atoms with Crippen LogP contribution in [-0.4, -0.2) is 11.3 Å². The van der Waals surface area contributed by atoms with Crippen molar-refractivity contribution in [2.75, 3.05) is 0 Å². The molecule has 0 amide bonds. The van der Waals surface area contributed by atoms with Gasteiger partial charge in [0.2, 0.25) is 0 Å². The smallest absolute Gasteiger partial charge is 0.127 e. The first-order valence-electron chi connectivity index (χ1n) is 4.11. The molecule has 0 spiro atoms. The summed E-state index contributed by atoms with van der Waals surface area (Å²) in [6.07, 6.45) is 4.45. The summed E-state index contributed by atoms with van der Waals surface area (Å²) < 4.78 is 0. The Bertz CT molecular complexity index is 243. The lowest BCUT2D eigenvalue weighted by Crippen LogP contribution is -2.07. The first-order chi connectivity index (χ1) is 5.75. The van der Waals surface area contributed by atoms with Gasteiger partial charge in [0.05, 0.1) is 0 Å². The monoisotopic (exact) mass is 163 g/mol. The molecular formula is C10H13NO. The van der Waals surface area contributed by atoms with Crippen molar-refractivity contribution in [1.29, 1.82) is 0 Å². The van der Waals surface area contributed by atoms with Crippen LogP contribution < -0.4 is 0 Å². The molecule has 0 aliphatic rings. The van der Waals surface area contributed by atoms with Crippen molar-refractivity contribution in [2.45, 2.75) is 19.8 Å². The van der Waals surface area contributed by atoms with E-state index in [2.05, 4.69) is 4.98 Å². The fraction of sp³-hybridized carbons (Fsp3) is 0.400. The summed E-state index contributed by atoms with van der Waals surface area (Å²) in [5, 5.41) is 0. The number of aromatic nitrogens is 1. The Labute approximate surface area is 72.6 Å². The third kappa shape index (κ3) is 1.91. The maximum atomic E-state index is 10.7. The van der Waals surface area contributed by atoms with Crippen LogP contribution in [0.15, 0.2) is 24.5 Å². The van der Waals surface area contributed by atoms with E-state index in [1.807, 2.05) is 26.0 Å². The van der Waals surface area contributed by atoms with Gasteiger partial charge in [0.15, 0.2) is 0 Å². The van der Waals surface area contributed by atoms with Crippen LogP contribution in [-0.2, 0) is 4.79 Å². The molecule has 1 aromatic rings. The Morgan fingerprint density at radius 2 is 2.25 bits per heavy atom. The van der Waals surface area contributed by atoms with E-state index in [1.165, 1.54) is 0 Å². The fourth-order valence-electron chi connectivity index (χ4n) is 1.19. The van der Waals surface area contributed by atoms with Crippen molar-refractivity contribution in [3.8, 4) is 0 Å². The molecule has 0 N–H and O–H groups in total. The van der Waals surface area contributed by atoms with Gasteiger partial charge in [-0.25, -0.2) is 0 Å². The molecule has 0 aliphatic carbocycles. The number of carbonyl (C=O) groups excluding carboxylic acids is 1. The normalized spacial score (nSPS) is 12.9. The lowest BCUT2D eigenvalue weighted by molar-refractivity contribution is -0.109. The molecule has 1 atom stereocenters. The summed E-state index contributed by atoms with van der Waals surface area (Å²) >= 11 is 0. The van der Waals surface area contributed by atoms with Crippen LogP contribution in [0.25, 0.3) is 0 Å². The Kier molecular flexibility index (Phi) is 2.97. The second kappa shape index (κ2) is 4.00. The van der Waals surface area contributed by atoms with E-state index in [-0.39, 0.29) is 5.92 Å². The summed E-state index contributed by atoms with van der Waals surface area (Å²) in [7, 11) is 0. The Morgan fingerprint density at radius 3 is 2.67 bits per heavy atom. The van der Waals surface area contributed by atoms with Crippen LogP contribution in [0.5, 0.6) is 0 Å². The van der Waals surface area contributed by atoms with Crippen molar-refractivity contribution >= 4 is 6.29 Å². The molecule has 0 radical (unpaired) electrons. The Balaban J connectivity index is 2.88. The number of aldehydes is 1. The molecule has 1 rings (SSSR count). The first kappa shape index (κ1) is 8.91. The van der Waals surface area contributed by atoms with Gasteiger partial charge in [-0.1, -0.05) is 19.9 Å². The predicted molar refractivity (Wildman–Crippen MR) is 47.9 cm³/mol. The minimum Gasteiger partial charge on any atom is -0.303 e. The highest BCUT2D eigenvalue weighted by Gasteiger charge is 2.13. The first-order valence-corrected chi connectivity index (χ1v) is 4.11. The zero-order valence-corrected chi connectivity index (χ0v) is 7.40. The number of hydrogen-bond acceptors (Lipinski definition) is 2. The molecule has 1 aromatic heterocycles. The maximum Gasteiger partial charge on any atom is 0.127 e. The topological polar surface area (TPSA) is 30.0 Å². The molecule has 64 valence electrons. The highest BCUT2D eigenvalue weighted by atomic mass is 16.1. The third-order valence-corrected chi connectivity index (χ3v) is 1.93. The van der Waals surface area contributed by atoms with Crippen LogP contribution in [0.3, 0.4) is 0 Å². The molecule has 0 saturated heterocycles. The molecule has 0 aromatic carbocycles. The molecule has 1 unspecified atom stereocenters. The lowest BCUT2D eigenvalue weighted by Gasteiger charge is -2.13. The van der Waals surface area contributed by atoms with Gasteiger partial charge in [-0.2, -0.15) is 0 Å². The van der Waals surface area contributed by atoms with Gasteiger partial charge < -0.3 is 4.79 Å². The number of pyridine rings is 1. The van der Waals surface area contributed by atoms with Gasteiger partial charge in [0.1, 0.15) is 6.29 Å². The quantitative estimate of drug-likeness (QED) is 0.638. The van der Waals surface area contributed by atoms with E-state index in [9.17, 15) is 4.79 Å². The molecule has 2 heteroatoms. The van der Waals surface area contributed by atoms with Crippen LogP contribution >= 0.6 is 0 Å². The molecule has 12 heavy (non-hydrogen) atoms. The predicted octanol–water partition coefficient (Wildman–Crippen LogP) is 2.02. The van der Waals surface area contributed by atoms with Crippen molar-refractivity contribution in [1.82, 2.24) is 4.98 Å². The van der Waals surface area contributed by atoms with Crippen LogP contribution in [0.1, 0.15) is 25.3 Å². The lowest BCUT2D eigenvalue weighted by atomic mass is 9.91. The molecule has 0 fully saturated rings. The summed E-state index contributed by atoms with van der Waals surface area (Å²) in [6, 6.07) is 3.79. The SMILES string of the molecule is CC(C)C(C=O)c1cccnc1. The molecule has 0 aliphatic heterocycles. The average Bonchev–Trinajstić information content (AvgIpc) is 2.07. The second-order valence-corrected chi connectivity index (χ2v) is 3.19. The van der Waals surface area contributed by atoms with Crippen LogP contribution in [0.4, 0.5) is 0 Å². The van der Waals surface area contributed by atoms with Crippen LogP contribution in [0, 0.1) is 5.92 Å². The summed E-state index contributed by atoms with van der Waals surface area (Å²) in [6.45, 7) is 4.07. The van der Waals surface area contributed by atoms with Gasteiger partial charge in [-0.15, -0.1) is 0 Å². The third-order valence-electron chi connectivity index (χ3n) is 1.93. The molecule has 2 nitrogen and oxygen atoms in total. The maximum absolute atomic E-state index is 10.7. The second-order valence-electron chi connectivity index (χ2n) is 3.19. The number of nitrogens with zero attached hydrogens (tertiary/aromatic N) is 1. The molecule has 1 heterocycles. The van der Waals surface area contributed by atoms with Gasteiger partial charge in [-0.05, 0) is 17.5 Å². The standard InChI is InChI=1S/C10H13NO/c1-8(2)10(7-12)9-4-3-5-11-6-9/h3-8,10H,1-2H3. The van der Waals surface area contributed by atoms with Crippen molar-refractivity contribution in [3.05, 3.63) is 30.1 Å².